The second-order valence-corrected chi connectivity index (χ2v) is 5.21. The predicted molar refractivity (Wildman–Crippen MR) is 92.6 cm³/mol. The molecular formula is C19H18O6. The fourth-order valence-corrected chi connectivity index (χ4v) is 2.77. The monoisotopic (exact) mass is 342 g/mol. The molecule has 6 nitrogen and oxygen atoms in total. The Hall–Kier alpha value is -3.15. The molecule has 3 aromatic rings. The Morgan fingerprint density at radius 1 is 0.920 bits per heavy atom. The van der Waals surface area contributed by atoms with Crippen LogP contribution in [0.1, 0.15) is 10.4 Å². The molecule has 0 saturated heterocycles. The Labute approximate surface area is 144 Å². The molecule has 0 bridgehead atoms. The lowest BCUT2D eigenvalue weighted by Gasteiger charge is -2.13. The van der Waals surface area contributed by atoms with Crippen LogP contribution in [-0.2, 0) is 4.74 Å². The Kier molecular flexibility index (Phi) is 4.52. The minimum absolute atomic E-state index is 0.354. The minimum atomic E-state index is -0.478. The van der Waals surface area contributed by atoms with Crippen LogP contribution in [0.3, 0.4) is 0 Å². The van der Waals surface area contributed by atoms with E-state index in [-0.39, 0.29) is 0 Å². The van der Waals surface area contributed by atoms with E-state index in [0.29, 0.717) is 45.1 Å². The highest BCUT2D eigenvalue weighted by atomic mass is 16.5. The smallest absolute Gasteiger partial charge is 0.342 e. The molecule has 2 aromatic carbocycles. The van der Waals surface area contributed by atoms with Gasteiger partial charge in [-0.1, -0.05) is 18.2 Å². The molecule has 1 heterocycles. The second-order valence-electron chi connectivity index (χ2n) is 5.21. The van der Waals surface area contributed by atoms with Crippen molar-refractivity contribution in [1.29, 1.82) is 0 Å². The highest BCUT2D eigenvalue weighted by Gasteiger charge is 2.25. The average Bonchev–Trinajstić information content (AvgIpc) is 3.05. The number of para-hydroxylation sites is 1. The molecule has 0 N–H and O–H groups in total. The summed E-state index contributed by atoms with van der Waals surface area (Å²) in [5, 5.41) is 0.679. The molecule has 25 heavy (non-hydrogen) atoms. The van der Waals surface area contributed by atoms with Crippen molar-refractivity contribution in [2.45, 2.75) is 0 Å². The predicted octanol–water partition coefficient (Wildman–Crippen LogP) is 3.91. The van der Waals surface area contributed by atoms with Crippen LogP contribution in [0.15, 0.2) is 40.8 Å². The zero-order valence-corrected chi connectivity index (χ0v) is 14.4. The largest absolute Gasteiger partial charge is 0.493 e. The van der Waals surface area contributed by atoms with Crippen LogP contribution in [-0.4, -0.2) is 34.4 Å². The van der Waals surface area contributed by atoms with Crippen LogP contribution in [0, 0.1) is 0 Å². The normalized spacial score (nSPS) is 10.6. The average molecular weight is 342 g/mol. The summed E-state index contributed by atoms with van der Waals surface area (Å²) in [7, 11) is 5.92. The van der Waals surface area contributed by atoms with Gasteiger partial charge in [-0.2, -0.15) is 0 Å². The van der Waals surface area contributed by atoms with E-state index in [4.69, 9.17) is 23.4 Å². The van der Waals surface area contributed by atoms with E-state index < -0.39 is 5.97 Å². The Balaban J connectivity index is 2.31. The van der Waals surface area contributed by atoms with Crippen LogP contribution in [0.2, 0.25) is 0 Å². The minimum Gasteiger partial charge on any atom is -0.493 e. The van der Waals surface area contributed by atoms with Gasteiger partial charge in [0.1, 0.15) is 16.9 Å². The third kappa shape index (κ3) is 2.76. The lowest BCUT2D eigenvalue weighted by molar-refractivity contribution is 0.0603. The molecule has 0 atom stereocenters. The van der Waals surface area contributed by atoms with E-state index in [1.165, 1.54) is 28.4 Å². The maximum atomic E-state index is 12.3. The summed E-state index contributed by atoms with van der Waals surface area (Å²) in [6.45, 7) is 0. The maximum Gasteiger partial charge on any atom is 0.342 e. The molecular weight excluding hydrogens is 324 g/mol. The molecule has 130 valence electrons. The van der Waals surface area contributed by atoms with Crippen molar-refractivity contribution < 1.29 is 28.2 Å². The number of hydrogen-bond acceptors (Lipinski definition) is 6. The van der Waals surface area contributed by atoms with E-state index in [1.54, 1.807) is 18.2 Å². The molecule has 0 aliphatic rings. The van der Waals surface area contributed by atoms with Crippen molar-refractivity contribution in [3.63, 3.8) is 0 Å². The summed E-state index contributed by atoms with van der Waals surface area (Å²) in [6, 6.07) is 10.7. The van der Waals surface area contributed by atoms with Crippen molar-refractivity contribution in [3.8, 4) is 28.6 Å². The van der Waals surface area contributed by atoms with Gasteiger partial charge in [0.25, 0.3) is 0 Å². The number of fused-ring (bicyclic) bond motifs is 1. The number of benzene rings is 2. The summed E-state index contributed by atoms with van der Waals surface area (Å²) >= 11 is 0. The fraction of sp³-hybridized carbons (Fsp3) is 0.211. The zero-order chi connectivity index (χ0) is 18.0. The van der Waals surface area contributed by atoms with E-state index >= 15 is 0 Å². The number of methoxy groups -OCH3 is 4. The molecule has 0 spiro atoms. The number of rotatable bonds is 5. The zero-order valence-electron chi connectivity index (χ0n) is 14.4. The Morgan fingerprint density at radius 3 is 2.12 bits per heavy atom. The highest BCUT2D eigenvalue weighted by Crippen LogP contribution is 2.43. The lowest BCUT2D eigenvalue weighted by Crippen LogP contribution is -2.02. The molecule has 0 fully saturated rings. The van der Waals surface area contributed by atoms with Gasteiger partial charge in [0, 0.05) is 10.9 Å². The van der Waals surface area contributed by atoms with E-state index in [1.807, 2.05) is 18.2 Å². The number of hydrogen-bond donors (Lipinski definition) is 0. The van der Waals surface area contributed by atoms with Crippen molar-refractivity contribution >= 4 is 16.9 Å². The summed E-state index contributed by atoms with van der Waals surface area (Å²) in [4.78, 5) is 12.3. The fourth-order valence-electron chi connectivity index (χ4n) is 2.77. The SMILES string of the molecule is COC(=O)c1c(-c2cc(OC)c(OC)c(OC)c2)oc2ccccc12. The van der Waals surface area contributed by atoms with Crippen LogP contribution in [0.5, 0.6) is 17.2 Å². The molecule has 1 aromatic heterocycles. The van der Waals surface area contributed by atoms with E-state index in [0.717, 1.165) is 0 Å². The second kappa shape index (κ2) is 6.76. The summed E-state index contributed by atoms with van der Waals surface area (Å²) in [5.74, 6) is 1.30. The summed E-state index contributed by atoms with van der Waals surface area (Å²) in [5.41, 5.74) is 1.56. The van der Waals surface area contributed by atoms with E-state index in [9.17, 15) is 4.79 Å². The van der Waals surface area contributed by atoms with Gasteiger partial charge in [-0.05, 0) is 18.2 Å². The first-order valence-corrected chi connectivity index (χ1v) is 7.54. The summed E-state index contributed by atoms with van der Waals surface area (Å²) in [6.07, 6.45) is 0. The molecule has 3 rings (SSSR count). The van der Waals surface area contributed by atoms with Gasteiger partial charge >= 0.3 is 5.97 Å². The van der Waals surface area contributed by atoms with Crippen LogP contribution < -0.4 is 14.2 Å². The van der Waals surface area contributed by atoms with Crippen LogP contribution in [0.4, 0.5) is 0 Å². The molecule has 0 aliphatic heterocycles. The van der Waals surface area contributed by atoms with Crippen molar-refractivity contribution in [1.82, 2.24) is 0 Å². The number of ether oxygens (including phenoxy) is 4. The first-order chi connectivity index (χ1) is 12.1. The topological polar surface area (TPSA) is 67.1 Å². The van der Waals surface area contributed by atoms with Gasteiger partial charge in [-0.25, -0.2) is 4.79 Å². The molecule has 0 aliphatic carbocycles. The van der Waals surface area contributed by atoms with Gasteiger partial charge in [0.15, 0.2) is 11.5 Å². The number of furan rings is 1. The maximum absolute atomic E-state index is 12.3. The number of carbonyl (C=O) groups excluding carboxylic acids is 1. The van der Waals surface area contributed by atoms with Gasteiger partial charge in [-0.15, -0.1) is 0 Å². The van der Waals surface area contributed by atoms with Gasteiger partial charge in [0.05, 0.1) is 28.4 Å². The molecule has 0 unspecified atom stereocenters. The van der Waals surface area contributed by atoms with Gasteiger partial charge < -0.3 is 23.4 Å². The quantitative estimate of drug-likeness (QED) is 0.655. The molecule has 6 heteroatoms. The highest BCUT2D eigenvalue weighted by molar-refractivity contribution is 6.08. The van der Waals surface area contributed by atoms with E-state index in [2.05, 4.69) is 0 Å². The first kappa shape index (κ1) is 16.7. The third-order valence-electron chi connectivity index (χ3n) is 3.91. The summed E-state index contributed by atoms with van der Waals surface area (Å²) < 4.78 is 27.0. The Morgan fingerprint density at radius 2 is 1.56 bits per heavy atom. The lowest BCUT2D eigenvalue weighted by atomic mass is 10.0. The van der Waals surface area contributed by atoms with Crippen molar-refractivity contribution in [2.24, 2.45) is 0 Å². The van der Waals surface area contributed by atoms with Crippen molar-refractivity contribution in [3.05, 3.63) is 42.0 Å². The molecule has 0 amide bonds. The first-order valence-electron chi connectivity index (χ1n) is 7.54. The number of carbonyl (C=O) groups is 1. The van der Waals surface area contributed by atoms with Crippen molar-refractivity contribution in [2.75, 3.05) is 28.4 Å². The van der Waals surface area contributed by atoms with Crippen LogP contribution >= 0.6 is 0 Å². The molecule has 0 saturated carbocycles. The van der Waals surface area contributed by atoms with Gasteiger partial charge in [0.2, 0.25) is 5.75 Å². The van der Waals surface area contributed by atoms with Gasteiger partial charge in [-0.3, -0.25) is 0 Å². The Bertz CT molecular complexity index is 900. The molecule has 0 radical (unpaired) electrons. The standard InChI is InChI=1S/C19H18O6/c1-21-14-9-11(10-15(22-2)18(14)23-3)17-16(19(20)24-4)12-7-5-6-8-13(12)25-17/h5-10H,1-4H3. The third-order valence-corrected chi connectivity index (χ3v) is 3.91. The van der Waals surface area contributed by atoms with Crippen LogP contribution in [0.25, 0.3) is 22.3 Å². The number of esters is 1.